The zero-order chi connectivity index (χ0) is 21.2. The highest BCUT2D eigenvalue weighted by atomic mass is 32.2. The minimum absolute atomic E-state index is 0.0706. The number of anilines is 1. The minimum Gasteiger partial charge on any atom is -0.493 e. The van der Waals surface area contributed by atoms with Crippen LogP contribution in [0.25, 0.3) is 0 Å². The van der Waals surface area contributed by atoms with Crippen molar-refractivity contribution in [3.05, 3.63) is 47.5 Å². The van der Waals surface area contributed by atoms with E-state index in [0.29, 0.717) is 36.6 Å². The first kappa shape index (κ1) is 21.1. The second-order valence-electron chi connectivity index (χ2n) is 7.16. The van der Waals surface area contributed by atoms with Gasteiger partial charge in [0.1, 0.15) is 6.04 Å². The standard InChI is InChI=1S/C21H26N2O5S/c1-14-10-15(2)12-16(11-14)22-21(24)18-6-5-9-23(18)29(25,26)17-7-8-19(27-3)20(13-17)28-4/h7-8,10-13,18H,5-6,9H2,1-4H3,(H,22,24). The summed E-state index contributed by atoms with van der Waals surface area (Å²) in [5, 5.41) is 2.87. The van der Waals surface area contributed by atoms with E-state index in [0.717, 1.165) is 11.1 Å². The van der Waals surface area contributed by atoms with E-state index in [2.05, 4.69) is 5.32 Å². The third kappa shape index (κ3) is 4.38. The average Bonchev–Trinajstić information content (AvgIpc) is 3.17. The van der Waals surface area contributed by atoms with Crippen molar-refractivity contribution in [1.82, 2.24) is 4.31 Å². The molecule has 1 amide bonds. The quantitative estimate of drug-likeness (QED) is 0.779. The Kier molecular flexibility index (Phi) is 6.14. The first-order valence-electron chi connectivity index (χ1n) is 9.39. The molecule has 1 aliphatic heterocycles. The van der Waals surface area contributed by atoms with Crippen molar-refractivity contribution in [1.29, 1.82) is 0 Å². The van der Waals surface area contributed by atoms with E-state index in [1.165, 1.54) is 30.7 Å². The molecule has 29 heavy (non-hydrogen) atoms. The van der Waals surface area contributed by atoms with Crippen LogP contribution in [0.1, 0.15) is 24.0 Å². The molecule has 7 nitrogen and oxygen atoms in total. The summed E-state index contributed by atoms with van der Waals surface area (Å²) in [6, 6.07) is 9.43. The molecule has 8 heteroatoms. The number of methoxy groups -OCH3 is 2. The molecule has 0 aliphatic carbocycles. The SMILES string of the molecule is COc1ccc(S(=O)(=O)N2CCCC2C(=O)Nc2cc(C)cc(C)c2)cc1OC. The molecule has 0 aromatic heterocycles. The van der Waals surface area contributed by atoms with Gasteiger partial charge >= 0.3 is 0 Å². The molecule has 1 N–H and O–H groups in total. The highest BCUT2D eigenvalue weighted by Crippen LogP contribution is 2.33. The highest BCUT2D eigenvalue weighted by Gasteiger charge is 2.39. The molecule has 2 aromatic carbocycles. The number of carbonyl (C=O) groups excluding carboxylic acids is 1. The molecule has 1 saturated heterocycles. The molecular formula is C21H26N2O5S. The van der Waals surface area contributed by atoms with Crippen LogP contribution in [-0.4, -0.2) is 45.4 Å². The first-order chi connectivity index (χ1) is 13.8. The van der Waals surface area contributed by atoms with Gasteiger partial charge in [0.15, 0.2) is 11.5 Å². The normalized spacial score (nSPS) is 17.2. The van der Waals surface area contributed by atoms with Gasteiger partial charge in [-0.1, -0.05) is 6.07 Å². The summed E-state index contributed by atoms with van der Waals surface area (Å²) >= 11 is 0. The Morgan fingerprint density at radius 2 is 1.69 bits per heavy atom. The van der Waals surface area contributed by atoms with E-state index in [-0.39, 0.29) is 10.8 Å². The van der Waals surface area contributed by atoms with E-state index in [1.807, 2.05) is 32.0 Å². The Balaban J connectivity index is 1.86. The fourth-order valence-electron chi connectivity index (χ4n) is 3.67. The Morgan fingerprint density at radius 1 is 1.03 bits per heavy atom. The van der Waals surface area contributed by atoms with Crippen molar-refractivity contribution in [2.24, 2.45) is 0 Å². The van der Waals surface area contributed by atoms with Gasteiger partial charge in [0.05, 0.1) is 19.1 Å². The lowest BCUT2D eigenvalue weighted by Gasteiger charge is -2.24. The van der Waals surface area contributed by atoms with Gasteiger partial charge in [-0.15, -0.1) is 0 Å². The van der Waals surface area contributed by atoms with E-state index >= 15 is 0 Å². The van der Waals surface area contributed by atoms with Crippen LogP contribution >= 0.6 is 0 Å². The molecular weight excluding hydrogens is 392 g/mol. The number of rotatable bonds is 6. The predicted molar refractivity (Wildman–Crippen MR) is 111 cm³/mol. The fourth-order valence-corrected chi connectivity index (χ4v) is 5.35. The largest absolute Gasteiger partial charge is 0.493 e. The maximum Gasteiger partial charge on any atom is 0.243 e. The summed E-state index contributed by atoms with van der Waals surface area (Å²) in [5.41, 5.74) is 2.73. The lowest BCUT2D eigenvalue weighted by molar-refractivity contribution is -0.119. The summed E-state index contributed by atoms with van der Waals surface area (Å²) < 4.78 is 38.1. The molecule has 0 saturated carbocycles. The van der Waals surface area contributed by atoms with Crippen LogP contribution in [0, 0.1) is 13.8 Å². The minimum atomic E-state index is -3.86. The van der Waals surface area contributed by atoms with Crippen LogP contribution in [0.5, 0.6) is 11.5 Å². The number of sulfonamides is 1. The average molecular weight is 419 g/mol. The monoisotopic (exact) mass is 418 g/mol. The van der Waals surface area contributed by atoms with Crippen molar-refractivity contribution in [2.45, 2.75) is 37.6 Å². The van der Waals surface area contributed by atoms with Gasteiger partial charge in [-0.3, -0.25) is 4.79 Å². The van der Waals surface area contributed by atoms with Crippen molar-refractivity contribution in [3.63, 3.8) is 0 Å². The Bertz CT molecular complexity index is 999. The highest BCUT2D eigenvalue weighted by molar-refractivity contribution is 7.89. The molecule has 1 unspecified atom stereocenters. The number of ether oxygens (including phenoxy) is 2. The number of hydrogen-bond donors (Lipinski definition) is 1. The molecule has 0 spiro atoms. The Labute approximate surface area is 171 Å². The van der Waals surface area contributed by atoms with E-state index in [4.69, 9.17) is 9.47 Å². The van der Waals surface area contributed by atoms with E-state index in [1.54, 1.807) is 6.07 Å². The van der Waals surface area contributed by atoms with Crippen molar-refractivity contribution in [2.75, 3.05) is 26.1 Å². The van der Waals surface area contributed by atoms with Gasteiger partial charge in [-0.05, 0) is 62.1 Å². The summed E-state index contributed by atoms with van der Waals surface area (Å²) in [4.78, 5) is 13.0. The first-order valence-corrected chi connectivity index (χ1v) is 10.8. The zero-order valence-electron chi connectivity index (χ0n) is 17.1. The summed E-state index contributed by atoms with van der Waals surface area (Å²) in [6.07, 6.45) is 1.10. The summed E-state index contributed by atoms with van der Waals surface area (Å²) in [6.45, 7) is 4.19. The molecule has 0 radical (unpaired) electrons. The number of benzene rings is 2. The molecule has 1 fully saturated rings. The topological polar surface area (TPSA) is 84.9 Å². The molecule has 0 bridgehead atoms. The third-order valence-electron chi connectivity index (χ3n) is 4.96. The smallest absolute Gasteiger partial charge is 0.243 e. The fraction of sp³-hybridized carbons (Fsp3) is 0.381. The van der Waals surface area contributed by atoms with Crippen LogP contribution in [0.2, 0.25) is 0 Å². The van der Waals surface area contributed by atoms with Gasteiger partial charge in [-0.2, -0.15) is 4.31 Å². The molecule has 2 aromatic rings. The summed E-state index contributed by atoms with van der Waals surface area (Å²) in [7, 11) is -0.928. The third-order valence-corrected chi connectivity index (χ3v) is 6.86. The van der Waals surface area contributed by atoms with Crippen LogP contribution in [0.4, 0.5) is 5.69 Å². The number of aryl methyl sites for hydroxylation is 2. The molecule has 156 valence electrons. The lowest BCUT2D eigenvalue weighted by atomic mass is 10.1. The Morgan fingerprint density at radius 3 is 2.31 bits per heavy atom. The maximum absolute atomic E-state index is 13.2. The van der Waals surface area contributed by atoms with E-state index in [9.17, 15) is 13.2 Å². The van der Waals surface area contributed by atoms with Crippen LogP contribution in [0.3, 0.4) is 0 Å². The van der Waals surface area contributed by atoms with Crippen molar-refractivity contribution in [3.8, 4) is 11.5 Å². The van der Waals surface area contributed by atoms with Gasteiger partial charge in [-0.25, -0.2) is 8.42 Å². The summed E-state index contributed by atoms with van der Waals surface area (Å²) in [5.74, 6) is 0.442. The van der Waals surface area contributed by atoms with Crippen LogP contribution in [-0.2, 0) is 14.8 Å². The number of hydrogen-bond acceptors (Lipinski definition) is 5. The van der Waals surface area contributed by atoms with Crippen LogP contribution in [0.15, 0.2) is 41.3 Å². The second-order valence-corrected chi connectivity index (χ2v) is 9.05. The number of amides is 1. The zero-order valence-corrected chi connectivity index (χ0v) is 17.9. The van der Waals surface area contributed by atoms with Crippen molar-refractivity contribution >= 4 is 21.6 Å². The van der Waals surface area contributed by atoms with Gasteiger partial charge < -0.3 is 14.8 Å². The Hall–Kier alpha value is -2.58. The van der Waals surface area contributed by atoms with E-state index < -0.39 is 16.1 Å². The van der Waals surface area contributed by atoms with Gasteiger partial charge in [0, 0.05) is 18.3 Å². The van der Waals surface area contributed by atoms with Gasteiger partial charge in [0.2, 0.25) is 15.9 Å². The molecule has 3 rings (SSSR count). The second kappa shape index (κ2) is 8.42. The predicted octanol–water partition coefficient (Wildman–Crippen LogP) is 3.11. The van der Waals surface area contributed by atoms with Crippen molar-refractivity contribution < 1.29 is 22.7 Å². The van der Waals surface area contributed by atoms with Crippen LogP contribution < -0.4 is 14.8 Å². The molecule has 1 aliphatic rings. The maximum atomic E-state index is 13.2. The molecule has 1 heterocycles. The number of nitrogens with zero attached hydrogens (tertiary/aromatic N) is 1. The number of nitrogens with one attached hydrogen (secondary N) is 1. The molecule has 1 atom stereocenters. The van der Waals surface area contributed by atoms with Gasteiger partial charge in [0.25, 0.3) is 0 Å². The lowest BCUT2D eigenvalue weighted by Crippen LogP contribution is -2.43. The number of carbonyl (C=O) groups is 1.